The third-order valence-corrected chi connectivity index (χ3v) is 3.96. The zero-order valence-electron chi connectivity index (χ0n) is 13.4. The van der Waals surface area contributed by atoms with Crippen molar-refractivity contribution < 1.29 is 14.3 Å². The fraction of sp³-hybridized carbons (Fsp3) is 0.278. The van der Waals surface area contributed by atoms with Gasteiger partial charge < -0.3 is 10.1 Å². The molecule has 1 aliphatic rings. The number of nitrogens with zero attached hydrogens (tertiary/aromatic N) is 2. The maximum absolute atomic E-state index is 12.8. The average Bonchev–Trinajstić information content (AvgIpc) is 2.88. The third-order valence-electron chi connectivity index (χ3n) is 3.96. The molecule has 0 unspecified atom stereocenters. The number of hydrogen-bond donors (Lipinski definition) is 1. The Hall–Kier alpha value is -2.73. The predicted molar refractivity (Wildman–Crippen MR) is 89.7 cm³/mol. The molecule has 124 valence electrons. The number of anilines is 1. The molecule has 0 bridgehead atoms. The number of hydrogen-bond acceptors (Lipinski definition) is 4. The first-order valence-corrected chi connectivity index (χ1v) is 7.81. The molecule has 6 heteroatoms. The summed E-state index contributed by atoms with van der Waals surface area (Å²) in [4.78, 5) is 31.0. The van der Waals surface area contributed by atoms with Crippen LogP contribution in [0.2, 0.25) is 0 Å². The molecule has 1 aromatic carbocycles. The van der Waals surface area contributed by atoms with Crippen molar-refractivity contribution in [3.05, 3.63) is 59.9 Å². The molecule has 6 nitrogen and oxygen atoms in total. The SMILES string of the molecule is COCCNC(=O)C[C@@H]1c2ncccc2C(=O)N1c1ccccc1. The summed E-state index contributed by atoms with van der Waals surface area (Å²) in [7, 11) is 1.58. The molecule has 1 aromatic heterocycles. The summed E-state index contributed by atoms with van der Waals surface area (Å²) in [5.74, 6) is -0.261. The van der Waals surface area contributed by atoms with Gasteiger partial charge in [-0.15, -0.1) is 0 Å². The number of methoxy groups -OCH3 is 1. The zero-order valence-corrected chi connectivity index (χ0v) is 13.4. The lowest BCUT2D eigenvalue weighted by Crippen LogP contribution is -2.34. The second-order valence-electron chi connectivity index (χ2n) is 5.51. The van der Waals surface area contributed by atoms with Gasteiger partial charge in [0, 0.05) is 25.5 Å². The molecule has 2 aromatic rings. The summed E-state index contributed by atoms with van der Waals surface area (Å²) in [5.41, 5.74) is 1.96. The highest BCUT2D eigenvalue weighted by molar-refractivity contribution is 6.11. The molecule has 0 spiro atoms. The number of rotatable bonds is 6. The fourth-order valence-corrected chi connectivity index (χ4v) is 2.87. The lowest BCUT2D eigenvalue weighted by atomic mass is 10.1. The highest BCUT2D eigenvalue weighted by Crippen LogP contribution is 2.37. The van der Waals surface area contributed by atoms with E-state index < -0.39 is 6.04 Å². The molecule has 0 fully saturated rings. The topological polar surface area (TPSA) is 71.5 Å². The van der Waals surface area contributed by atoms with Crippen LogP contribution in [-0.2, 0) is 9.53 Å². The minimum atomic E-state index is -0.404. The van der Waals surface area contributed by atoms with Gasteiger partial charge in [-0.1, -0.05) is 18.2 Å². The Bertz CT molecular complexity index is 733. The second-order valence-corrected chi connectivity index (χ2v) is 5.51. The van der Waals surface area contributed by atoms with Gasteiger partial charge in [0.15, 0.2) is 0 Å². The first-order valence-electron chi connectivity index (χ1n) is 7.81. The molecular weight excluding hydrogens is 306 g/mol. The lowest BCUT2D eigenvalue weighted by Gasteiger charge is -2.24. The van der Waals surface area contributed by atoms with Crippen LogP contribution >= 0.6 is 0 Å². The van der Waals surface area contributed by atoms with Gasteiger partial charge in [0.05, 0.1) is 30.3 Å². The molecule has 1 aliphatic heterocycles. The Balaban J connectivity index is 1.87. The van der Waals surface area contributed by atoms with E-state index in [4.69, 9.17) is 4.74 Å². The number of pyridine rings is 1. The average molecular weight is 325 g/mol. The number of amides is 2. The van der Waals surface area contributed by atoms with E-state index in [0.29, 0.717) is 24.4 Å². The predicted octanol–water partition coefficient (Wildman–Crippen LogP) is 1.94. The van der Waals surface area contributed by atoms with Gasteiger partial charge in [-0.25, -0.2) is 0 Å². The normalized spacial score (nSPS) is 16.1. The van der Waals surface area contributed by atoms with E-state index in [1.165, 1.54) is 0 Å². The minimum Gasteiger partial charge on any atom is -0.383 e. The van der Waals surface area contributed by atoms with Crippen molar-refractivity contribution in [1.29, 1.82) is 0 Å². The van der Waals surface area contributed by atoms with E-state index >= 15 is 0 Å². The minimum absolute atomic E-state index is 0.126. The maximum atomic E-state index is 12.8. The first-order chi connectivity index (χ1) is 11.7. The highest BCUT2D eigenvalue weighted by Gasteiger charge is 2.39. The van der Waals surface area contributed by atoms with E-state index in [9.17, 15) is 9.59 Å². The number of aromatic nitrogens is 1. The number of ether oxygens (including phenoxy) is 1. The van der Waals surface area contributed by atoms with Gasteiger partial charge >= 0.3 is 0 Å². The zero-order chi connectivity index (χ0) is 16.9. The maximum Gasteiger partial charge on any atom is 0.260 e. The van der Waals surface area contributed by atoms with E-state index in [2.05, 4.69) is 10.3 Å². The van der Waals surface area contributed by atoms with Crippen LogP contribution in [0.15, 0.2) is 48.7 Å². The standard InChI is InChI=1S/C18H19N3O3/c1-24-11-10-19-16(22)12-15-17-14(8-5-9-20-17)18(23)21(15)13-6-3-2-4-7-13/h2-9,15H,10-12H2,1H3,(H,19,22)/t15-/m1/s1. The van der Waals surface area contributed by atoms with Crippen molar-refractivity contribution in [2.24, 2.45) is 0 Å². The van der Waals surface area contributed by atoms with Crippen molar-refractivity contribution >= 4 is 17.5 Å². The quantitative estimate of drug-likeness (QED) is 0.824. The third kappa shape index (κ3) is 3.14. The van der Waals surface area contributed by atoms with Crippen molar-refractivity contribution in [2.45, 2.75) is 12.5 Å². The Morgan fingerprint density at radius 2 is 2.04 bits per heavy atom. The Morgan fingerprint density at radius 3 is 2.79 bits per heavy atom. The number of nitrogens with one attached hydrogen (secondary N) is 1. The molecule has 1 atom stereocenters. The molecule has 24 heavy (non-hydrogen) atoms. The number of para-hydroxylation sites is 1. The number of fused-ring (bicyclic) bond motifs is 1. The monoisotopic (exact) mass is 325 g/mol. The van der Waals surface area contributed by atoms with Crippen LogP contribution in [-0.4, -0.2) is 37.1 Å². The van der Waals surface area contributed by atoms with Gasteiger partial charge in [-0.2, -0.15) is 0 Å². The van der Waals surface area contributed by atoms with Crippen molar-refractivity contribution in [3.63, 3.8) is 0 Å². The molecule has 0 radical (unpaired) electrons. The van der Waals surface area contributed by atoms with Crippen LogP contribution in [0.4, 0.5) is 5.69 Å². The van der Waals surface area contributed by atoms with Crippen LogP contribution in [0.25, 0.3) is 0 Å². The van der Waals surface area contributed by atoms with Crippen LogP contribution in [0.5, 0.6) is 0 Å². The summed E-state index contributed by atoms with van der Waals surface area (Å²) in [6, 6.07) is 12.4. The molecule has 0 saturated carbocycles. The van der Waals surface area contributed by atoms with Gasteiger partial charge in [-0.05, 0) is 24.3 Å². The summed E-state index contributed by atoms with van der Waals surface area (Å²) in [6.45, 7) is 0.892. The fourth-order valence-electron chi connectivity index (χ4n) is 2.87. The summed E-state index contributed by atoms with van der Waals surface area (Å²) < 4.78 is 4.93. The van der Waals surface area contributed by atoms with E-state index in [1.807, 2.05) is 30.3 Å². The van der Waals surface area contributed by atoms with E-state index in [0.717, 1.165) is 5.69 Å². The van der Waals surface area contributed by atoms with Crippen LogP contribution in [0.1, 0.15) is 28.5 Å². The molecule has 0 saturated heterocycles. The Kier molecular flexibility index (Phi) is 4.86. The van der Waals surface area contributed by atoms with Crippen LogP contribution < -0.4 is 10.2 Å². The first kappa shape index (κ1) is 16.1. The Morgan fingerprint density at radius 1 is 1.25 bits per heavy atom. The smallest absolute Gasteiger partial charge is 0.260 e. The van der Waals surface area contributed by atoms with E-state index in [-0.39, 0.29) is 18.2 Å². The van der Waals surface area contributed by atoms with Crippen molar-refractivity contribution in [3.8, 4) is 0 Å². The Labute approximate surface area is 140 Å². The number of carbonyl (C=O) groups is 2. The summed E-state index contributed by atoms with van der Waals surface area (Å²) in [5, 5.41) is 2.80. The number of benzene rings is 1. The van der Waals surface area contributed by atoms with Gasteiger partial charge in [-0.3, -0.25) is 19.5 Å². The lowest BCUT2D eigenvalue weighted by molar-refractivity contribution is -0.121. The van der Waals surface area contributed by atoms with Gasteiger partial charge in [0.25, 0.3) is 5.91 Å². The van der Waals surface area contributed by atoms with E-state index in [1.54, 1.807) is 30.3 Å². The van der Waals surface area contributed by atoms with Crippen LogP contribution in [0.3, 0.4) is 0 Å². The highest BCUT2D eigenvalue weighted by atomic mass is 16.5. The summed E-state index contributed by atoms with van der Waals surface area (Å²) in [6.07, 6.45) is 1.81. The molecule has 2 heterocycles. The molecule has 2 amide bonds. The second kappa shape index (κ2) is 7.23. The molecule has 3 rings (SSSR count). The van der Waals surface area contributed by atoms with Gasteiger partial charge in [0.2, 0.25) is 5.91 Å². The number of carbonyl (C=O) groups excluding carboxylic acids is 2. The van der Waals surface area contributed by atoms with Gasteiger partial charge in [0.1, 0.15) is 0 Å². The molecule has 0 aliphatic carbocycles. The largest absolute Gasteiger partial charge is 0.383 e. The molecule has 1 N–H and O–H groups in total. The summed E-state index contributed by atoms with van der Waals surface area (Å²) >= 11 is 0. The molecular formula is C18H19N3O3. The van der Waals surface area contributed by atoms with Crippen LogP contribution in [0, 0.1) is 0 Å². The van der Waals surface area contributed by atoms with Crippen molar-refractivity contribution in [2.75, 3.05) is 25.2 Å². The van der Waals surface area contributed by atoms with Crippen molar-refractivity contribution in [1.82, 2.24) is 10.3 Å².